The van der Waals surface area contributed by atoms with Crippen molar-refractivity contribution in [2.75, 3.05) is 92.3 Å². The van der Waals surface area contributed by atoms with Crippen molar-refractivity contribution in [3.05, 3.63) is 214 Å². The summed E-state index contributed by atoms with van der Waals surface area (Å²) in [6.07, 6.45) is 23.1. The van der Waals surface area contributed by atoms with E-state index >= 15 is 0 Å². The number of nitrogens with one attached hydrogen (secondary N) is 4. The van der Waals surface area contributed by atoms with Crippen molar-refractivity contribution in [1.29, 1.82) is 0 Å². The summed E-state index contributed by atoms with van der Waals surface area (Å²) in [6, 6.07) is 39.5. The van der Waals surface area contributed by atoms with Gasteiger partial charge in [-0.15, -0.1) is 0 Å². The Hall–Kier alpha value is -9.08. The summed E-state index contributed by atoms with van der Waals surface area (Å²) in [7, 11) is 1.75. The lowest BCUT2D eigenvalue weighted by Crippen LogP contribution is -2.42. The normalized spacial score (nSPS) is 16.1. The van der Waals surface area contributed by atoms with Gasteiger partial charge in [0, 0.05) is 169 Å². The average Bonchev–Trinajstić information content (AvgIpc) is 1.62. The van der Waals surface area contributed by atoms with Gasteiger partial charge in [-0.1, -0.05) is 109 Å². The molecule has 8 aromatic heterocycles. The van der Waals surface area contributed by atoms with Gasteiger partial charge in [0.2, 0.25) is 0 Å². The number of halogens is 4. The topological polar surface area (TPSA) is 280 Å². The van der Waals surface area contributed by atoms with E-state index in [1.807, 2.05) is 135 Å². The van der Waals surface area contributed by atoms with Crippen LogP contribution in [-0.2, 0) is 4.74 Å². The van der Waals surface area contributed by atoms with Crippen molar-refractivity contribution in [2.24, 2.45) is 0 Å². The molecule has 12 aromatic rings. The van der Waals surface area contributed by atoms with Gasteiger partial charge < -0.3 is 34.5 Å². The molecule has 0 radical (unpaired) electrons. The van der Waals surface area contributed by atoms with E-state index in [0.717, 1.165) is 236 Å². The Bertz CT molecular complexity index is 4830. The van der Waals surface area contributed by atoms with Gasteiger partial charge >= 0.3 is 0 Å². The summed E-state index contributed by atoms with van der Waals surface area (Å²) >= 11 is 24.3. The first kappa shape index (κ1) is 83.4. The van der Waals surface area contributed by atoms with Crippen molar-refractivity contribution in [3.63, 3.8) is 0 Å². The van der Waals surface area contributed by atoms with Crippen LogP contribution >= 0.6 is 46.4 Å². The molecule has 12 heterocycles. The zero-order valence-electron chi connectivity index (χ0n) is 64.1. The Kier molecular flexibility index (Phi) is 29.7. The zero-order chi connectivity index (χ0) is 77.9. The fourth-order valence-corrected chi connectivity index (χ4v) is 16.2. The Morgan fingerprint density at radius 1 is 0.425 bits per heavy atom. The summed E-state index contributed by atoms with van der Waals surface area (Å²) in [6.45, 7) is 19.9. The van der Waals surface area contributed by atoms with Crippen LogP contribution in [0.1, 0.15) is 139 Å². The highest BCUT2D eigenvalue weighted by molar-refractivity contribution is 6.31. The van der Waals surface area contributed by atoms with Crippen molar-refractivity contribution in [2.45, 2.75) is 128 Å². The summed E-state index contributed by atoms with van der Waals surface area (Å²) in [5.41, 5.74) is 19.4. The van der Waals surface area contributed by atoms with Gasteiger partial charge in [-0.05, 0) is 204 Å². The lowest BCUT2D eigenvalue weighted by molar-refractivity contribution is 0.0280. The number of ether oxygens (including phenoxy) is 1. The number of likely N-dealkylation sites (tertiary alicyclic amines) is 4. The average molecular weight is 1610 g/mol. The lowest BCUT2D eigenvalue weighted by Gasteiger charge is -2.35. The van der Waals surface area contributed by atoms with Gasteiger partial charge in [0.15, 0.2) is 0 Å². The standard InChI is InChI=1S/C22H26ClN5O.C22H26ClN5.C21H24ClN5O.C20H22ClN5O.CH4/c1-22(2,29)13-28-11-8-16(9-12-28)21-19(18-7-10-24-14-25-18)20(26-27-21)15-3-5-17(23)6-4-15;1-3-15(2)28-12-9-17(10-13-28)22-20(19-8-11-24-14-25-19)21(26-27-22)16-4-6-18(23)7-5-16;1-28-13-12-27-10-7-16(8-11-27)21-19(18-6-9-23-14-24-18)20(25-26-21)15-2-4-17(22)5-3-15;21-16-3-1-14(2-4-16)19-18(17-5-8-22-13-23-17)20(25-24-19)15-6-9-26(10-7-15)11-12-27;/h3-7,10,14,16,29H,8-9,11-13H2,1-2H3,(H,26,27);4-8,11,14-15,17H,3,9-10,12-13H2,1-2H3,(H,26,27);2-6,9,14,16H,7-8,10-13H2,1H3,(H,25,26);1-5,8,13,15,27H,6-7,9-12H2,(H,24,25);1H4. The first-order valence-corrected chi connectivity index (χ1v) is 40.3. The van der Waals surface area contributed by atoms with Crippen LogP contribution in [0.15, 0.2) is 171 Å². The Morgan fingerprint density at radius 3 is 0.947 bits per heavy atom. The Balaban J connectivity index is 0.000000139. The van der Waals surface area contributed by atoms with Crippen molar-refractivity contribution in [3.8, 4) is 90.1 Å². The quantitative estimate of drug-likeness (QED) is 0.0390. The second-order valence-electron chi connectivity index (χ2n) is 29.7. The van der Waals surface area contributed by atoms with Gasteiger partial charge in [0.05, 0.1) is 41.6 Å². The highest BCUT2D eigenvalue weighted by Gasteiger charge is 2.34. The first-order valence-electron chi connectivity index (χ1n) is 38.8. The number of aromatic nitrogens is 16. The minimum atomic E-state index is -0.672. The number of methoxy groups -OCH3 is 1. The number of aliphatic hydroxyl groups excluding tert-OH is 1. The van der Waals surface area contributed by atoms with Gasteiger partial charge in [0.25, 0.3) is 0 Å². The molecule has 0 spiro atoms. The Labute approximate surface area is 682 Å². The molecule has 592 valence electrons. The van der Waals surface area contributed by atoms with E-state index in [0.29, 0.717) is 51.3 Å². The van der Waals surface area contributed by atoms with Gasteiger partial charge in [0.1, 0.15) is 48.1 Å². The maximum absolute atomic E-state index is 10.1. The number of hydrogen-bond acceptors (Lipinski definition) is 19. The Morgan fingerprint density at radius 2 is 0.699 bits per heavy atom. The molecule has 1 unspecified atom stereocenters. The molecule has 6 N–H and O–H groups in total. The number of piperidine rings is 4. The van der Waals surface area contributed by atoms with Crippen molar-refractivity contribution < 1.29 is 14.9 Å². The van der Waals surface area contributed by atoms with Crippen molar-refractivity contribution in [1.82, 2.24) is 100 Å². The second kappa shape index (κ2) is 40.3. The molecule has 27 heteroatoms. The fraction of sp³-hybridized carbons (Fsp3) is 0.395. The third-order valence-corrected chi connectivity index (χ3v) is 22.8. The van der Waals surface area contributed by atoms with E-state index in [2.05, 4.69) is 109 Å². The van der Waals surface area contributed by atoms with Crippen LogP contribution in [0.5, 0.6) is 0 Å². The highest BCUT2D eigenvalue weighted by atomic mass is 35.5. The summed E-state index contributed by atoms with van der Waals surface area (Å²) in [5.74, 6) is 1.64. The van der Waals surface area contributed by atoms with E-state index in [9.17, 15) is 5.11 Å². The third-order valence-electron chi connectivity index (χ3n) is 21.8. The molecule has 23 nitrogen and oxygen atoms in total. The molecule has 4 fully saturated rings. The minimum Gasteiger partial charge on any atom is -0.395 e. The third kappa shape index (κ3) is 21.5. The molecule has 0 amide bonds. The number of aliphatic hydroxyl groups is 2. The van der Waals surface area contributed by atoms with Crippen LogP contribution in [0.4, 0.5) is 0 Å². The van der Waals surface area contributed by atoms with E-state index in [1.54, 1.807) is 57.2 Å². The number of aromatic amines is 4. The van der Waals surface area contributed by atoms with Crippen LogP contribution in [0, 0.1) is 0 Å². The molecule has 4 aromatic carbocycles. The smallest absolute Gasteiger partial charge is 0.116 e. The highest BCUT2D eigenvalue weighted by Crippen LogP contribution is 2.45. The monoisotopic (exact) mass is 1600 g/mol. The number of hydrogen-bond donors (Lipinski definition) is 6. The van der Waals surface area contributed by atoms with Crippen LogP contribution < -0.4 is 0 Å². The maximum atomic E-state index is 10.1. The molecule has 4 saturated heterocycles. The second-order valence-corrected chi connectivity index (χ2v) is 31.5. The van der Waals surface area contributed by atoms with Crippen LogP contribution in [0.3, 0.4) is 0 Å². The number of benzene rings is 4. The molecule has 0 aliphatic carbocycles. The predicted molar refractivity (Wildman–Crippen MR) is 451 cm³/mol. The molecule has 4 aliphatic heterocycles. The largest absolute Gasteiger partial charge is 0.395 e. The van der Waals surface area contributed by atoms with Crippen molar-refractivity contribution >= 4 is 46.4 Å². The van der Waals surface area contributed by atoms with Gasteiger partial charge in [-0.3, -0.25) is 20.4 Å². The van der Waals surface area contributed by atoms with E-state index in [4.69, 9.17) is 61.3 Å². The number of H-pyrrole nitrogens is 4. The van der Waals surface area contributed by atoms with E-state index < -0.39 is 5.60 Å². The maximum Gasteiger partial charge on any atom is 0.116 e. The number of β-amino-alcohol motifs (C(OH)–C–C–N with tert-alkyl or cyclic N) is 2. The van der Waals surface area contributed by atoms with Gasteiger partial charge in [-0.2, -0.15) is 20.4 Å². The SMILES string of the molecule is C.CC(C)(O)CN1CCC(c2[nH]nc(-c3ccc(Cl)cc3)c2-c2ccncn2)CC1.CCC(C)N1CCC(c2[nH]nc(-c3ccc(Cl)cc3)c2-c2ccncn2)CC1.COCCN1CCC(c2[nH]nc(-c3ccc(Cl)cc3)c2-c2ccncn2)CC1.OCCN1CCC(c2[nH]nc(-c3ccc(Cl)cc3)c2-c2ccncn2)CC1. The van der Waals surface area contributed by atoms with E-state index in [1.165, 1.54) is 12.1 Å². The molecule has 1 atom stereocenters. The number of nitrogens with zero attached hydrogens (tertiary/aromatic N) is 16. The minimum absolute atomic E-state index is 0. The fourth-order valence-electron chi connectivity index (χ4n) is 15.7. The lowest BCUT2D eigenvalue weighted by atomic mass is 9.88. The molecule has 4 aliphatic rings. The molecule has 0 bridgehead atoms. The molecule has 113 heavy (non-hydrogen) atoms. The summed E-state index contributed by atoms with van der Waals surface area (Å²) in [5, 5.41) is 54.1. The first-order chi connectivity index (χ1) is 54.6. The zero-order valence-corrected chi connectivity index (χ0v) is 67.1. The molecular formula is C86H102Cl4N20O3. The van der Waals surface area contributed by atoms with E-state index in [-0.39, 0.29) is 14.0 Å². The molecule has 16 rings (SSSR count). The van der Waals surface area contributed by atoms with Crippen LogP contribution in [0.2, 0.25) is 20.1 Å². The predicted octanol–water partition coefficient (Wildman–Crippen LogP) is 17.3. The summed E-state index contributed by atoms with van der Waals surface area (Å²) < 4.78 is 5.21. The molecule has 0 saturated carbocycles. The molecular weight excluding hydrogens is 1500 g/mol. The van der Waals surface area contributed by atoms with Crippen LogP contribution in [0.25, 0.3) is 90.1 Å². The van der Waals surface area contributed by atoms with Gasteiger partial charge in [-0.25, -0.2) is 39.9 Å². The number of rotatable bonds is 21. The summed E-state index contributed by atoms with van der Waals surface area (Å²) in [4.78, 5) is 44.0. The van der Waals surface area contributed by atoms with Crippen LogP contribution in [-0.4, -0.2) is 214 Å².